The van der Waals surface area contributed by atoms with Crippen LogP contribution in [0.2, 0.25) is 0 Å². The van der Waals surface area contributed by atoms with E-state index in [1.807, 2.05) is 30.9 Å². The Bertz CT molecular complexity index is 737. The Balaban J connectivity index is 1.64. The van der Waals surface area contributed by atoms with Gasteiger partial charge in [-0.05, 0) is 57.6 Å². The summed E-state index contributed by atoms with van der Waals surface area (Å²) in [5.74, 6) is 1.47. The van der Waals surface area contributed by atoms with Crippen LogP contribution in [0.4, 0.5) is 0 Å². The molecule has 0 saturated carbocycles. The average Bonchev–Trinajstić information content (AvgIpc) is 3.00. The van der Waals surface area contributed by atoms with Crippen LogP contribution in [-0.4, -0.2) is 35.6 Å². The van der Waals surface area contributed by atoms with E-state index >= 15 is 0 Å². The Morgan fingerprint density at radius 2 is 2.04 bits per heavy atom. The summed E-state index contributed by atoms with van der Waals surface area (Å²) in [7, 11) is 0. The zero-order valence-electron chi connectivity index (χ0n) is 15.8. The zero-order chi connectivity index (χ0) is 18.6. The molecule has 26 heavy (non-hydrogen) atoms. The van der Waals surface area contributed by atoms with E-state index in [2.05, 4.69) is 24.3 Å². The van der Waals surface area contributed by atoms with Gasteiger partial charge in [-0.25, -0.2) is 0 Å². The first-order chi connectivity index (χ1) is 12.5. The fourth-order valence-corrected chi connectivity index (χ4v) is 4.12. The number of aliphatic hydroxyl groups excluding tert-OH is 1. The van der Waals surface area contributed by atoms with E-state index in [4.69, 9.17) is 4.42 Å². The molecule has 1 aliphatic rings. The number of likely N-dealkylation sites (tertiary alicyclic amines) is 1. The Hall–Kier alpha value is -2.07. The van der Waals surface area contributed by atoms with E-state index in [1.165, 1.54) is 5.56 Å². The van der Waals surface area contributed by atoms with Crippen molar-refractivity contribution in [3.8, 4) is 0 Å². The Morgan fingerprint density at radius 1 is 1.27 bits per heavy atom. The number of hydrogen-bond acceptors (Lipinski definition) is 3. The van der Waals surface area contributed by atoms with E-state index in [-0.39, 0.29) is 17.9 Å². The average molecular weight is 355 g/mol. The largest absolute Gasteiger partial charge is 0.466 e. The SMILES string of the molecule is Cc1cc(C(=O)N2CCC[C@](CO)(CCCc3ccccc3)C2)c(C)o1. The summed E-state index contributed by atoms with van der Waals surface area (Å²) in [6.07, 6.45) is 4.89. The highest BCUT2D eigenvalue weighted by molar-refractivity contribution is 5.95. The summed E-state index contributed by atoms with van der Waals surface area (Å²) >= 11 is 0. The molecule has 1 aromatic heterocycles. The van der Waals surface area contributed by atoms with Gasteiger partial charge in [-0.3, -0.25) is 4.79 Å². The van der Waals surface area contributed by atoms with Crippen LogP contribution in [0.25, 0.3) is 0 Å². The van der Waals surface area contributed by atoms with Crippen LogP contribution in [0.1, 0.15) is 53.1 Å². The Labute approximate surface area is 155 Å². The zero-order valence-corrected chi connectivity index (χ0v) is 15.8. The van der Waals surface area contributed by atoms with Gasteiger partial charge in [0.15, 0.2) is 0 Å². The number of carbonyl (C=O) groups excluding carboxylic acids is 1. The smallest absolute Gasteiger partial charge is 0.257 e. The second kappa shape index (κ2) is 8.09. The molecule has 1 saturated heterocycles. The van der Waals surface area contributed by atoms with Crippen molar-refractivity contribution >= 4 is 5.91 Å². The molecule has 1 amide bonds. The van der Waals surface area contributed by atoms with Crippen LogP contribution in [0, 0.1) is 19.3 Å². The quantitative estimate of drug-likeness (QED) is 0.847. The lowest BCUT2D eigenvalue weighted by Crippen LogP contribution is -2.48. The van der Waals surface area contributed by atoms with E-state index < -0.39 is 0 Å². The number of furan rings is 1. The van der Waals surface area contributed by atoms with Crippen LogP contribution in [-0.2, 0) is 6.42 Å². The summed E-state index contributed by atoms with van der Waals surface area (Å²) < 4.78 is 5.52. The molecule has 3 rings (SSSR count). The molecule has 1 N–H and O–H groups in total. The van der Waals surface area contributed by atoms with E-state index in [1.54, 1.807) is 0 Å². The van der Waals surface area contributed by atoms with Gasteiger partial charge in [0.05, 0.1) is 12.2 Å². The van der Waals surface area contributed by atoms with Crippen LogP contribution in [0.5, 0.6) is 0 Å². The first-order valence-electron chi connectivity index (χ1n) is 9.54. The molecule has 0 spiro atoms. The second-order valence-electron chi connectivity index (χ2n) is 7.65. The van der Waals surface area contributed by atoms with Gasteiger partial charge >= 0.3 is 0 Å². The number of piperidine rings is 1. The summed E-state index contributed by atoms with van der Waals surface area (Å²) in [4.78, 5) is 14.8. The molecule has 1 fully saturated rings. The van der Waals surface area contributed by atoms with Gasteiger partial charge in [-0.2, -0.15) is 0 Å². The minimum Gasteiger partial charge on any atom is -0.466 e. The number of aliphatic hydroxyl groups is 1. The normalized spacial score (nSPS) is 20.3. The van der Waals surface area contributed by atoms with Crippen molar-refractivity contribution in [1.82, 2.24) is 4.90 Å². The van der Waals surface area contributed by atoms with Gasteiger partial charge in [0, 0.05) is 18.5 Å². The minimum absolute atomic E-state index is 0.0277. The highest BCUT2D eigenvalue weighted by Crippen LogP contribution is 2.35. The van der Waals surface area contributed by atoms with Gasteiger partial charge in [-0.15, -0.1) is 0 Å². The molecule has 2 aromatic rings. The maximum atomic E-state index is 12.9. The monoisotopic (exact) mass is 355 g/mol. The third-order valence-corrected chi connectivity index (χ3v) is 5.57. The second-order valence-corrected chi connectivity index (χ2v) is 7.65. The first kappa shape index (κ1) is 18.7. The maximum Gasteiger partial charge on any atom is 0.257 e. The lowest BCUT2D eigenvalue weighted by Gasteiger charge is -2.42. The molecule has 0 radical (unpaired) electrons. The predicted molar refractivity (Wildman–Crippen MR) is 102 cm³/mol. The van der Waals surface area contributed by atoms with Gasteiger partial charge < -0.3 is 14.4 Å². The van der Waals surface area contributed by atoms with Crippen molar-refractivity contribution in [3.05, 3.63) is 59.0 Å². The molecular formula is C22H29NO3. The van der Waals surface area contributed by atoms with Crippen molar-refractivity contribution in [3.63, 3.8) is 0 Å². The summed E-state index contributed by atoms with van der Waals surface area (Å²) in [6, 6.07) is 12.3. The molecular weight excluding hydrogens is 326 g/mol. The van der Waals surface area contributed by atoms with Crippen LogP contribution < -0.4 is 0 Å². The van der Waals surface area contributed by atoms with Crippen molar-refractivity contribution in [2.24, 2.45) is 5.41 Å². The number of carbonyl (C=O) groups is 1. The number of hydrogen-bond donors (Lipinski definition) is 1. The standard InChI is InChI=1S/C22H29NO3/c1-17-14-20(18(2)26-17)21(25)23-13-7-12-22(15-23,16-24)11-6-10-19-8-4-3-5-9-19/h3-5,8-9,14,24H,6-7,10-13,15-16H2,1-2H3/t22-/m1/s1. The van der Waals surface area contributed by atoms with Crippen LogP contribution >= 0.6 is 0 Å². The topological polar surface area (TPSA) is 53.7 Å². The molecule has 2 heterocycles. The fraction of sp³-hybridized carbons (Fsp3) is 0.500. The number of rotatable bonds is 6. The van der Waals surface area contributed by atoms with Crippen molar-refractivity contribution in [2.75, 3.05) is 19.7 Å². The predicted octanol–water partition coefficient (Wildman–Crippen LogP) is 4.13. The number of nitrogens with zero attached hydrogens (tertiary/aromatic N) is 1. The maximum absolute atomic E-state index is 12.9. The molecule has 4 nitrogen and oxygen atoms in total. The fourth-order valence-electron chi connectivity index (χ4n) is 4.12. The van der Waals surface area contributed by atoms with Gasteiger partial charge in [0.25, 0.3) is 5.91 Å². The van der Waals surface area contributed by atoms with Crippen LogP contribution in [0.15, 0.2) is 40.8 Å². The molecule has 140 valence electrons. The van der Waals surface area contributed by atoms with E-state index in [9.17, 15) is 9.90 Å². The number of amides is 1. The third-order valence-electron chi connectivity index (χ3n) is 5.57. The van der Waals surface area contributed by atoms with E-state index in [0.717, 1.165) is 44.4 Å². The molecule has 4 heteroatoms. The van der Waals surface area contributed by atoms with Crippen LogP contribution in [0.3, 0.4) is 0 Å². The molecule has 1 aromatic carbocycles. The molecule has 0 aliphatic carbocycles. The number of aryl methyl sites for hydroxylation is 3. The van der Waals surface area contributed by atoms with Gasteiger partial charge in [0.1, 0.15) is 11.5 Å². The molecule has 1 atom stereocenters. The Morgan fingerprint density at radius 3 is 2.69 bits per heavy atom. The summed E-state index contributed by atoms with van der Waals surface area (Å²) in [5.41, 5.74) is 1.80. The van der Waals surface area contributed by atoms with E-state index in [0.29, 0.717) is 17.9 Å². The molecule has 0 bridgehead atoms. The highest BCUT2D eigenvalue weighted by Gasteiger charge is 2.37. The van der Waals surface area contributed by atoms with Crippen molar-refractivity contribution in [2.45, 2.75) is 46.0 Å². The summed E-state index contributed by atoms with van der Waals surface area (Å²) in [5, 5.41) is 10.1. The minimum atomic E-state index is -0.185. The lowest BCUT2D eigenvalue weighted by atomic mass is 9.76. The highest BCUT2D eigenvalue weighted by atomic mass is 16.3. The summed E-state index contributed by atoms with van der Waals surface area (Å²) in [6.45, 7) is 5.21. The van der Waals surface area contributed by atoms with Crippen molar-refractivity contribution in [1.29, 1.82) is 0 Å². The van der Waals surface area contributed by atoms with Crippen molar-refractivity contribution < 1.29 is 14.3 Å². The van der Waals surface area contributed by atoms with Gasteiger partial charge in [0.2, 0.25) is 0 Å². The molecule has 0 unspecified atom stereocenters. The Kier molecular flexibility index (Phi) is 5.82. The third kappa shape index (κ3) is 4.18. The first-order valence-corrected chi connectivity index (χ1v) is 9.54. The number of benzene rings is 1. The lowest BCUT2D eigenvalue weighted by molar-refractivity contribution is 0.0215. The molecule has 1 aliphatic heterocycles. The van der Waals surface area contributed by atoms with Gasteiger partial charge in [-0.1, -0.05) is 30.3 Å².